The average molecular weight is 399 g/mol. The van der Waals surface area contributed by atoms with E-state index in [0.29, 0.717) is 10.8 Å². The largest absolute Gasteiger partial charge is 0.393 e. The van der Waals surface area contributed by atoms with Crippen molar-refractivity contribution in [2.75, 3.05) is 0 Å². The van der Waals surface area contributed by atoms with Crippen molar-refractivity contribution in [3.05, 3.63) is 0 Å². The van der Waals surface area contributed by atoms with Crippen LogP contribution in [0.25, 0.3) is 0 Å². The van der Waals surface area contributed by atoms with Gasteiger partial charge in [0, 0.05) is 0 Å². The number of aliphatic hydroxyl groups excluding tert-OH is 1. The smallest absolute Gasteiger partial charge is 0.0543 e. The van der Waals surface area contributed by atoms with E-state index in [4.69, 9.17) is 0 Å². The molecule has 0 heterocycles. The molecule has 0 aromatic rings. The zero-order valence-electron chi connectivity index (χ0n) is 19.6. The monoisotopic (exact) mass is 398 g/mol. The molecule has 0 bridgehead atoms. The number of fused-ring (bicyclic) bond motifs is 9. The fourth-order valence-electron chi connectivity index (χ4n) is 11.7. The Morgan fingerprint density at radius 3 is 2.24 bits per heavy atom. The van der Waals surface area contributed by atoms with Crippen LogP contribution >= 0.6 is 0 Å². The van der Waals surface area contributed by atoms with Gasteiger partial charge in [-0.3, -0.25) is 0 Å². The molecule has 0 amide bonds. The number of hydrogen-bond donors (Lipinski definition) is 1. The lowest BCUT2D eigenvalue weighted by molar-refractivity contribution is -0.130. The highest BCUT2D eigenvalue weighted by atomic mass is 16.3. The maximum Gasteiger partial charge on any atom is 0.0543 e. The fraction of sp³-hybridized carbons (Fsp3) is 1.00. The third-order valence-corrected chi connectivity index (χ3v) is 12.8. The maximum absolute atomic E-state index is 10.3. The molecule has 164 valence electrons. The molecule has 6 rings (SSSR count). The van der Waals surface area contributed by atoms with Crippen molar-refractivity contribution in [3.63, 3.8) is 0 Å². The third-order valence-electron chi connectivity index (χ3n) is 12.8. The summed E-state index contributed by atoms with van der Waals surface area (Å²) in [7, 11) is 0. The Bertz CT molecular complexity index is 657. The summed E-state index contributed by atoms with van der Waals surface area (Å²) < 4.78 is 0. The van der Waals surface area contributed by atoms with E-state index in [-0.39, 0.29) is 6.10 Å². The quantitative estimate of drug-likeness (QED) is 0.469. The van der Waals surface area contributed by atoms with Gasteiger partial charge in [-0.2, -0.15) is 0 Å². The first kappa shape index (κ1) is 19.6. The van der Waals surface area contributed by atoms with Crippen LogP contribution in [0.4, 0.5) is 0 Å². The predicted molar refractivity (Wildman–Crippen MR) is 119 cm³/mol. The number of hydrogen-bond acceptors (Lipinski definition) is 1. The van der Waals surface area contributed by atoms with Crippen molar-refractivity contribution < 1.29 is 5.11 Å². The molecule has 6 aliphatic carbocycles. The van der Waals surface area contributed by atoms with Gasteiger partial charge in [-0.15, -0.1) is 0 Å². The van der Waals surface area contributed by atoms with Gasteiger partial charge >= 0.3 is 0 Å². The molecule has 0 spiro atoms. The summed E-state index contributed by atoms with van der Waals surface area (Å²) >= 11 is 0. The highest BCUT2D eigenvalue weighted by Gasteiger charge is 2.67. The van der Waals surface area contributed by atoms with Crippen LogP contribution in [-0.4, -0.2) is 11.2 Å². The van der Waals surface area contributed by atoms with Crippen LogP contribution in [-0.2, 0) is 0 Å². The van der Waals surface area contributed by atoms with Crippen molar-refractivity contribution in [3.8, 4) is 0 Å². The first-order valence-corrected chi connectivity index (χ1v) is 13.5. The van der Waals surface area contributed by atoms with Crippen LogP contribution in [0, 0.1) is 70.0 Å². The normalized spacial score (nSPS) is 63.8. The standard InChI is InChI=1S/C28H46O/c1-16-5-7-20-17(2)26-23(22(20)13-16)15-25-21-8-6-18-14-19(29)9-11-27(18,3)24(21)10-12-28(25,26)4/h16-26,29H,5-15H2,1-4H3/t16-,17+,18?,19-,20?,21?,22?,23?,24?,25?,26?,27-,28-/m1/s1. The molecule has 6 saturated carbocycles. The van der Waals surface area contributed by atoms with E-state index in [1.54, 1.807) is 12.8 Å². The minimum Gasteiger partial charge on any atom is -0.393 e. The Hall–Kier alpha value is -0.0400. The topological polar surface area (TPSA) is 20.2 Å². The van der Waals surface area contributed by atoms with Gasteiger partial charge in [-0.25, -0.2) is 0 Å². The van der Waals surface area contributed by atoms with Gasteiger partial charge in [0.25, 0.3) is 0 Å². The lowest BCUT2D eigenvalue weighted by Crippen LogP contribution is -2.54. The molecule has 1 N–H and O–H groups in total. The van der Waals surface area contributed by atoms with E-state index in [0.717, 1.165) is 72.0 Å². The molecule has 0 aromatic carbocycles. The van der Waals surface area contributed by atoms with Crippen molar-refractivity contribution in [1.29, 1.82) is 0 Å². The van der Waals surface area contributed by atoms with Crippen molar-refractivity contribution in [2.24, 2.45) is 70.0 Å². The predicted octanol–water partition coefficient (Wildman–Crippen LogP) is 6.93. The van der Waals surface area contributed by atoms with Crippen molar-refractivity contribution in [2.45, 2.75) is 104 Å². The van der Waals surface area contributed by atoms with Gasteiger partial charge in [0.15, 0.2) is 0 Å². The summed E-state index contributed by atoms with van der Waals surface area (Å²) in [6.45, 7) is 10.6. The molecule has 0 saturated heterocycles. The third kappa shape index (κ3) is 2.55. The fourth-order valence-corrected chi connectivity index (χ4v) is 11.7. The van der Waals surface area contributed by atoms with Gasteiger partial charge in [-0.05, 0) is 134 Å². The summed E-state index contributed by atoms with van der Waals surface area (Å²) in [5.41, 5.74) is 1.18. The van der Waals surface area contributed by atoms with Gasteiger partial charge in [0.1, 0.15) is 0 Å². The summed E-state index contributed by atoms with van der Waals surface area (Å²) in [6.07, 6.45) is 15.6. The van der Waals surface area contributed by atoms with E-state index in [2.05, 4.69) is 27.7 Å². The molecule has 0 radical (unpaired) electrons. The van der Waals surface area contributed by atoms with Gasteiger partial charge in [0.05, 0.1) is 6.10 Å². The van der Waals surface area contributed by atoms with E-state index in [9.17, 15) is 5.11 Å². The highest BCUT2D eigenvalue weighted by molar-refractivity contribution is 5.15. The minimum atomic E-state index is -0.00427. The van der Waals surface area contributed by atoms with Crippen molar-refractivity contribution >= 4 is 0 Å². The molecule has 1 nitrogen and oxygen atoms in total. The molecular formula is C28H46O. The second-order valence-electron chi connectivity index (χ2n) is 13.7. The van der Waals surface area contributed by atoms with E-state index >= 15 is 0 Å². The zero-order valence-corrected chi connectivity index (χ0v) is 19.6. The maximum atomic E-state index is 10.3. The molecule has 6 fully saturated rings. The molecule has 13 atom stereocenters. The van der Waals surface area contributed by atoms with Gasteiger partial charge < -0.3 is 5.11 Å². The number of aliphatic hydroxyl groups is 1. The Morgan fingerprint density at radius 1 is 0.655 bits per heavy atom. The van der Waals surface area contributed by atoms with E-state index < -0.39 is 0 Å². The van der Waals surface area contributed by atoms with Crippen LogP contribution in [0.2, 0.25) is 0 Å². The average Bonchev–Trinajstić information content (AvgIpc) is 3.15. The second kappa shape index (κ2) is 6.49. The molecule has 1 heteroatoms. The molecule has 6 aliphatic rings. The first-order valence-electron chi connectivity index (χ1n) is 13.5. The molecule has 29 heavy (non-hydrogen) atoms. The van der Waals surface area contributed by atoms with E-state index in [1.807, 2.05) is 0 Å². The minimum absolute atomic E-state index is 0.00427. The number of rotatable bonds is 0. The summed E-state index contributed by atoms with van der Waals surface area (Å²) in [6, 6.07) is 0. The van der Waals surface area contributed by atoms with Crippen LogP contribution in [0.3, 0.4) is 0 Å². The van der Waals surface area contributed by atoms with Gasteiger partial charge in [-0.1, -0.05) is 34.1 Å². The lowest BCUT2D eigenvalue weighted by Gasteiger charge is -2.61. The zero-order chi connectivity index (χ0) is 20.1. The Balaban J connectivity index is 1.30. The summed E-state index contributed by atoms with van der Waals surface area (Å²) in [4.78, 5) is 0. The first-order chi connectivity index (χ1) is 13.8. The lowest BCUT2D eigenvalue weighted by atomic mass is 9.44. The van der Waals surface area contributed by atoms with Crippen LogP contribution in [0.5, 0.6) is 0 Å². The molecule has 0 aliphatic heterocycles. The Labute approximate surface area is 179 Å². The summed E-state index contributed by atoms with van der Waals surface area (Å²) in [5.74, 6) is 9.97. The van der Waals surface area contributed by atoms with Gasteiger partial charge in [0.2, 0.25) is 0 Å². The van der Waals surface area contributed by atoms with E-state index in [1.165, 1.54) is 44.9 Å². The second-order valence-corrected chi connectivity index (χ2v) is 13.7. The van der Waals surface area contributed by atoms with Crippen molar-refractivity contribution in [1.82, 2.24) is 0 Å². The molecule has 8 unspecified atom stereocenters. The summed E-state index contributed by atoms with van der Waals surface area (Å²) in [5, 5.41) is 10.3. The Morgan fingerprint density at radius 2 is 1.41 bits per heavy atom. The Kier molecular flexibility index (Phi) is 4.39. The molecule has 0 aromatic heterocycles. The SMILES string of the molecule is C[C@@H]1CCC2C(C1)C1CC3C4CCC5C[C@H](O)CC[C@@]5(C)C4CC[C@@]3(C)C1[C@H]2C. The highest BCUT2D eigenvalue weighted by Crippen LogP contribution is 2.74. The van der Waals surface area contributed by atoms with Crippen LogP contribution in [0.15, 0.2) is 0 Å². The van der Waals surface area contributed by atoms with Crippen LogP contribution < -0.4 is 0 Å². The molecular weight excluding hydrogens is 352 g/mol. The van der Waals surface area contributed by atoms with Crippen LogP contribution in [0.1, 0.15) is 98.3 Å².